The average molecular weight is 341 g/mol. The van der Waals surface area contributed by atoms with Gasteiger partial charge in [-0.15, -0.1) is 11.3 Å². The summed E-state index contributed by atoms with van der Waals surface area (Å²) in [6.07, 6.45) is 3.78. The van der Waals surface area contributed by atoms with Crippen LogP contribution < -0.4 is 10.9 Å². The summed E-state index contributed by atoms with van der Waals surface area (Å²) in [5.74, 6) is -0.481. The lowest BCUT2D eigenvalue weighted by Gasteiger charge is -2.20. The van der Waals surface area contributed by atoms with Crippen molar-refractivity contribution in [3.63, 3.8) is 0 Å². The smallest absolute Gasteiger partial charge is 0.270 e. The lowest BCUT2D eigenvalue weighted by atomic mass is 10.2. The second-order valence-corrected chi connectivity index (χ2v) is 6.82. The molecule has 1 aliphatic rings. The summed E-state index contributed by atoms with van der Waals surface area (Å²) in [5.41, 5.74) is 1.15. The number of carbonyl (C=O) groups is 1. The van der Waals surface area contributed by atoms with Gasteiger partial charge in [0.05, 0.1) is 5.69 Å². The van der Waals surface area contributed by atoms with E-state index in [1.54, 1.807) is 24.4 Å². The van der Waals surface area contributed by atoms with Gasteiger partial charge >= 0.3 is 0 Å². The molecule has 4 heterocycles. The maximum atomic E-state index is 12.4. The standard InChI is InChI=1S/C16H15N5O2S/c1-20-7-5-11-12(9-20)24-16(18-11)19-14(22)10-8-17-13-4-2-3-6-21(13)15(10)23/h2-4,6,8H,5,7,9H2,1H3,(H,18,19,22). The van der Waals surface area contributed by atoms with Gasteiger partial charge in [0.25, 0.3) is 11.5 Å². The molecule has 0 saturated heterocycles. The van der Waals surface area contributed by atoms with Crippen LogP contribution in [0.2, 0.25) is 0 Å². The van der Waals surface area contributed by atoms with E-state index in [4.69, 9.17) is 0 Å². The summed E-state index contributed by atoms with van der Waals surface area (Å²) in [5, 5.41) is 3.26. The molecule has 122 valence electrons. The Labute approximate surface area is 141 Å². The topological polar surface area (TPSA) is 79.6 Å². The van der Waals surface area contributed by atoms with E-state index in [1.807, 2.05) is 0 Å². The molecule has 8 heteroatoms. The van der Waals surface area contributed by atoms with Crippen molar-refractivity contribution in [2.45, 2.75) is 13.0 Å². The van der Waals surface area contributed by atoms with Crippen molar-refractivity contribution < 1.29 is 4.79 Å². The number of hydrogen-bond donors (Lipinski definition) is 1. The van der Waals surface area contributed by atoms with E-state index in [0.717, 1.165) is 30.1 Å². The molecule has 3 aromatic rings. The third-order valence-electron chi connectivity index (χ3n) is 4.00. The molecule has 7 nitrogen and oxygen atoms in total. The van der Waals surface area contributed by atoms with E-state index in [-0.39, 0.29) is 11.1 Å². The lowest BCUT2D eigenvalue weighted by Crippen LogP contribution is -2.26. The minimum atomic E-state index is -0.481. The van der Waals surface area contributed by atoms with E-state index in [2.05, 4.69) is 27.2 Å². The molecule has 0 fully saturated rings. The van der Waals surface area contributed by atoms with Gasteiger partial charge in [0.15, 0.2) is 5.13 Å². The van der Waals surface area contributed by atoms with Gasteiger partial charge in [0.2, 0.25) is 0 Å². The third-order valence-corrected chi connectivity index (χ3v) is 5.00. The Hall–Kier alpha value is -2.58. The number of carbonyl (C=O) groups excluding carboxylic acids is 1. The SMILES string of the molecule is CN1CCc2nc(NC(=O)c3cnc4ccccn4c3=O)sc2C1. The van der Waals surface area contributed by atoms with Crippen LogP contribution in [0.15, 0.2) is 35.4 Å². The van der Waals surface area contributed by atoms with Crippen LogP contribution in [0.3, 0.4) is 0 Å². The van der Waals surface area contributed by atoms with E-state index in [1.165, 1.54) is 21.9 Å². The minimum Gasteiger partial charge on any atom is -0.301 e. The molecule has 24 heavy (non-hydrogen) atoms. The van der Waals surface area contributed by atoms with Crippen molar-refractivity contribution in [3.8, 4) is 0 Å². The molecule has 0 saturated carbocycles. The number of pyridine rings is 1. The fourth-order valence-corrected chi connectivity index (χ4v) is 3.81. The van der Waals surface area contributed by atoms with Crippen molar-refractivity contribution in [2.24, 2.45) is 0 Å². The number of rotatable bonds is 2. The van der Waals surface area contributed by atoms with Crippen molar-refractivity contribution >= 4 is 28.0 Å². The summed E-state index contributed by atoms with van der Waals surface area (Å²) < 4.78 is 1.36. The molecular weight excluding hydrogens is 326 g/mol. The van der Waals surface area contributed by atoms with Crippen molar-refractivity contribution in [2.75, 3.05) is 18.9 Å². The molecule has 4 rings (SSSR count). The molecule has 0 radical (unpaired) electrons. The van der Waals surface area contributed by atoms with E-state index < -0.39 is 5.91 Å². The maximum absolute atomic E-state index is 12.4. The van der Waals surface area contributed by atoms with Gasteiger partial charge in [-0.1, -0.05) is 6.07 Å². The molecule has 0 spiro atoms. The first-order valence-corrected chi connectivity index (χ1v) is 8.38. The van der Waals surface area contributed by atoms with Gasteiger partial charge in [-0.25, -0.2) is 9.97 Å². The van der Waals surface area contributed by atoms with Crippen LogP contribution in [-0.2, 0) is 13.0 Å². The fourth-order valence-electron chi connectivity index (χ4n) is 2.72. The molecule has 0 aromatic carbocycles. The number of aromatic nitrogens is 3. The summed E-state index contributed by atoms with van der Waals surface area (Å²) in [6.45, 7) is 1.79. The number of amides is 1. The molecule has 3 aromatic heterocycles. The summed E-state index contributed by atoms with van der Waals surface area (Å²) in [6, 6.07) is 5.23. The molecule has 0 aliphatic carbocycles. The second-order valence-electron chi connectivity index (χ2n) is 5.74. The number of thiazole rings is 1. The van der Waals surface area contributed by atoms with Crippen LogP contribution >= 0.6 is 11.3 Å². The highest BCUT2D eigenvalue weighted by atomic mass is 32.1. The Balaban J connectivity index is 1.63. The zero-order chi connectivity index (χ0) is 16.7. The first-order valence-electron chi connectivity index (χ1n) is 7.57. The highest BCUT2D eigenvalue weighted by molar-refractivity contribution is 7.15. The van der Waals surface area contributed by atoms with E-state index in [0.29, 0.717) is 10.8 Å². The first kappa shape index (κ1) is 15.0. The molecule has 1 amide bonds. The largest absolute Gasteiger partial charge is 0.301 e. The molecule has 0 bridgehead atoms. The van der Waals surface area contributed by atoms with E-state index in [9.17, 15) is 9.59 Å². The second kappa shape index (κ2) is 5.81. The van der Waals surface area contributed by atoms with Crippen LogP contribution in [0.4, 0.5) is 5.13 Å². The number of fused-ring (bicyclic) bond motifs is 2. The zero-order valence-corrected chi connectivity index (χ0v) is 13.8. The Kier molecular flexibility index (Phi) is 3.62. The molecule has 0 unspecified atom stereocenters. The number of nitrogens with zero attached hydrogens (tertiary/aromatic N) is 4. The van der Waals surface area contributed by atoms with Crippen LogP contribution in [0.25, 0.3) is 5.65 Å². The number of hydrogen-bond acceptors (Lipinski definition) is 6. The van der Waals surface area contributed by atoms with Crippen LogP contribution in [0, 0.1) is 0 Å². The molecule has 0 atom stereocenters. The highest BCUT2D eigenvalue weighted by Crippen LogP contribution is 2.27. The quantitative estimate of drug-likeness (QED) is 0.762. The van der Waals surface area contributed by atoms with Gasteiger partial charge in [0.1, 0.15) is 11.2 Å². The molecular formula is C16H15N5O2S. The summed E-state index contributed by atoms with van der Waals surface area (Å²) >= 11 is 1.46. The Morgan fingerprint density at radius 3 is 3.12 bits per heavy atom. The number of nitrogens with one attached hydrogen (secondary N) is 1. The normalized spacial score (nSPS) is 14.5. The molecule has 1 aliphatic heterocycles. The minimum absolute atomic E-state index is 0.00369. The van der Waals surface area contributed by atoms with Crippen LogP contribution in [-0.4, -0.2) is 38.8 Å². The number of likely N-dealkylation sites (N-methyl/N-ethyl adjacent to an activating group) is 1. The van der Waals surface area contributed by atoms with Gasteiger partial charge in [0, 0.05) is 36.8 Å². The average Bonchev–Trinajstić information content (AvgIpc) is 2.96. The highest BCUT2D eigenvalue weighted by Gasteiger charge is 2.20. The van der Waals surface area contributed by atoms with Crippen molar-refractivity contribution in [3.05, 3.63) is 57.1 Å². The Morgan fingerprint density at radius 1 is 1.38 bits per heavy atom. The summed E-state index contributed by atoms with van der Waals surface area (Å²) in [7, 11) is 2.06. The van der Waals surface area contributed by atoms with Gasteiger partial charge < -0.3 is 4.90 Å². The number of anilines is 1. The Morgan fingerprint density at radius 2 is 2.25 bits per heavy atom. The van der Waals surface area contributed by atoms with Gasteiger partial charge in [-0.2, -0.15) is 0 Å². The van der Waals surface area contributed by atoms with Crippen molar-refractivity contribution in [1.29, 1.82) is 0 Å². The van der Waals surface area contributed by atoms with E-state index >= 15 is 0 Å². The van der Waals surface area contributed by atoms with Gasteiger partial charge in [-0.3, -0.25) is 19.3 Å². The third kappa shape index (κ3) is 2.59. The van der Waals surface area contributed by atoms with Crippen LogP contribution in [0.1, 0.15) is 20.9 Å². The molecule has 1 N–H and O–H groups in total. The monoisotopic (exact) mass is 341 g/mol. The maximum Gasteiger partial charge on any atom is 0.270 e. The fraction of sp³-hybridized carbons (Fsp3) is 0.250. The Bertz CT molecular complexity index is 994. The van der Waals surface area contributed by atoms with Crippen molar-refractivity contribution in [1.82, 2.24) is 19.3 Å². The summed E-state index contributed by atoms with van der Waals surface area (Å²) in [4.78, 5) is 36.9. The first-order chi connectivity index (χ1) is 11.6. The predicted octanol–water partition coefficient (Wildman–Crippen LogP) is 1.39. The van der Waals surface area contributed by atoms with Gasteiger partial charge in [-0.05, 0) is 19.2 Å². The lowest BCUT2D eigenvalue weighted by molar-refractivity contribution is 0.102. The zero-order valence-electron chi connectivity index (χ0n) is 13.0. The van der Waals surface area contributed by atoms with Crippen LogP contribution in [0.5, 0.6) is 0 Å². The predicted molar refractivity (Wildman–Crippen MR) is 91.6 cm³/mol.